The van der Waals surface area contributed by atoms with Gasteiger partial charge in [-0.05, 0) is 40.7 Å². The Kier molecular flexibility index (Phi) is 3.87. The minimum absolute atomic E-state index is 0.0266. The summed E-state index contributed by atoms with van der Waals surface area (Å²) in [4.78, 5) is 10.8. The molecule has 1 aliphatic rings. The van der Waals surface area contributed by atoms with Gasteiger partial charge in [0.1, 0.15) is 0 Å². The third-order valence-electron chi connectivity index (χ3n) is 3.81. The van der Waals surface area contributed by atoms with Crippen LogP contribution in [0.1, 0.15) is 30.0 Å². The molecule has 0 fully saturated rings. The first-order valence-corrected chi connectivity index (χ1v) is 7.36. The Balaban J connectivity index is 1.69. The minimum Gasteiger partial charge on any atom is -0.356 e. The van der Waals surface area contributed by atoms with Crippen LogP contribution in [-0.2, 0) is 11.2 Å². The molecule has 1 amide bonds. The lowest BCUT2D eigenvalue weighted by atomic mass is 10.0. The largest absolute Gasteiger partial charge is 0.356 e. The molecular formula is C19H19NO. The zero-order valence-corrected chi connectivity index (χ0v) is 12.2. The zero-order valence-electron chi connectivity index (χ0n) is 12.2. The highest BCUT2D eigenvalue weighted by molar-refractivity contribution is 5.78. The predicted molar refractivity (Wildman–Crippen MR) is 87.0 cm³/mol. The molecule has 3 rings (SSSR count). The van der Waals surface area contributed by atoms with E-state index in [1.807, 2.05) is 0 Å². The van der Waals surface area contributed by atoms with Crippen molar-refractivity contribution in [2.75, 3.05) is 6.54 Å². The Bertz CT molecular complexity index is 700. The molecule has 0 unspecified atom stereocenters. The number of rotatable bonds is 4. The Morgan fingerprint density at radius 1 is 1.14 bits per heavy atom. The lowest BCUT2D eigenvalue weighted by molar-refractivity contribution is -0.118. The van der Waals surface area contributed by atoms with Crippen molar-refractivity contribution in [1.29, 1.82) is 0 Å². The van der Waals surface area contributed by atoms with Crippen LogP contribution in [0.3, 0.4) is 0 Å². The zero-order chi connectivity index (χ0) is 14.7. The van der Waals surface area contributed by atoms with Crippen molar-refractivity contribution < 1.29 is 4.79 Å². The van der Waals surface area contributed by atoms with Gasteiger partial charge in [-0.25, -0.2) is 0 Å². The topological polar surface area (TPSA) is 29.1 Å². The maximum Gasteiger partial charge on any atom is 0.216 e. The summed E-state index contributed by atoms with van der Waals surface area (Å²) in [6.07, 6.45) is 6.13. The van der Waals surface area contributed by atoms with E-state index in [2.05, 4.69) is 59.9 Å². The normalized spacial score (nSPS) is 12.2. The van der Waals surface area contributed by atoms with Gasteiger partial charge in [0, 0.05) is 13.5 Å². The van der Waals surface area contributed by atoms with Crippen molar-refractivity contribution in [3.05, 3.63) is 65.2 Å². The monoisotopic (exact) mass is 277 g/mol. The second-order valence-electron chi connectivity index (χ2n) is 5.42. The van der Waals surface area contributed by atoms with E-state index in [4.69, 9.17) is 0 Å². The lowest BCUT2D eigenvalue weighted by Crippen LogP contribution is -2.20. The van der Waals surface area contributed by atoms with Crippen LogP contribution in [0.25, 0.3) is 17.2 Å². The quantitative estimate of drug-likeness (QED) is 0.722. The Morgan fingerprint density at radius 2 is 1.95 bits per heavy atom. The summed E-state index contributed by atoms with van der Waals surface area (Å²) in [6.45, 7) is 2.24. The number of fused-ring (bicyclic) bond motifs is 3. The molecule has 0 saturated heterocycles. The molecule has 0 radical (unpaired) electrons. The van der Waals surface area contributed by atoms with Gasteiger partial charge in [-0.15, -0.1) is 0 Å². The van der Waals surface area contributed by atoms with E-state index in [0.717, 1.165) is 12.8 Å². The fraction of sp³-hybridized carbons (Fsp3) is 0.211. The molecule has 1 aliphatic carbocycles. The molecule has 0 atom stereocenters. The minimum atomic E-state index is 0.0266. The van der Waals surface area contributed by atoms with Crippen molar-refractivity contribution >= 4 is 12.0 Å². The second kappa shape index (κ2) is 5.96. The Hall–Kier alpha value is -2.35. The van der Waals surface area contributed by atoms with E-state index in [-0.39, 0.29) is 5.91 Å². The average Bonchev–Trinajstić information content (AvgIpc) is 2.84. The fourth-order valence-electron chi connectivity index (χ4n) is 2.82. The van der Waals surface area contributed by atoms with Crippen LogP contribution in [0.4, 0.5) is 0 Å². The van der Waals surface area contributed by atoms with Gasteiger partial charge >= 0.3 is 0 Å². The molecule has 2 nitrogen and oxygen atoms in total. The van der Waals surface area contributed by atoms with Crippen LogP contribution in [0, 0.1) is 0 Å². The van der Waals surface area contributed by atoms with Gasteiger partial charge in [-0.3, -0.25) is 4.79 Å². The number of hydrogen-bond acceptors (Lipinski definition) is 1. The van der Waals surface area contributed by atoms with Gasteiger partial charge in [0.05, 0.1) is 0 Å². The van der Waals surface area contributed by atoms with Crippen LogP contribution >= 0.6 is 0 Å². The number of amides is 1. The molecule has 0 aliphatic heterocycles. The molecule has 1 N–H and O–H groups in total. The van der Waals surface area contributed by atoms with E-state index in [0.29, 0.717) is 6.54 Å². The van der Waals surface area contributed by atoms with Crippen molar-refractivity contribution in [2.24, 2.45) is 0 Å². The van der Waals surface area contributed by atoms with Crippen LogP contribution in [0.2, 0.25) is 0 Å². The molecule has 21 heavy (non-hydrogen) atoms. The molecule has 0 saturated carbocycles. The van der Waals surface area contributed by atoms with Crippen molar-refractivity contribution in [2.45, 2.75) is 19.8 Å². The number of carbonyl (C=O) groups is 1. The Morgan fingerprint density at radius 3 is 2.81 bits per heavy atom. The van der Waals surface area contributed by atoms with E-state index in [9.17, 15) is 4.79 Å². The summed E-state index contributed by atoms with van der Waals surface area (Å²) in [7, 11) is 0. The molecule has 0 bridgehead atoms. The standard InChI is InChI=1S/C19H19NO/c1-14(21)20-11-5-4-6-15-9-10-19-17(12-15)13-16-7-2-3-8-18(16)19/h2-4,6-10,12H,5,11,13H2,1H3,(H,20,21). The van der Waals surface area contributed by atoms with Crippen molar-refractivity contribution in [3.63, 3.8) is 0 Å². The van der Waals surface area contributed by atoms with Crippen LogP contribution in [0.5, 0.6) is 0 Å². The highest BCUT2D eigenvalue weighted by Crippen LogP contribution is 2.36. The van der Waals surface area contributed by atoms with E-state index in [1.165, 1.54) is 27.8 Å². The number of hydrogen-bond donors (Lipinski definition) is 1. The average molecular weight is 277 g/mol. The van der Waals surface area contributed by atoms with Gasteiger partial charge in [0.15, 0.2) is 0 Å². The van der Waals surface area contributed by atoms with Crippen molar-refractivity contribution in [3.8, 4) is 11.1 Å². The van der Waals surface area contributed by atoms with Gasteiger partial charge in [0.2, 0.25) is 5.91 Å². The summed E-state index contributed by atoms with van der Waals surface area (Å²) in [6, 6.07) is 15.3. The molecule has 2 aromatic rings. The van der Waals surface area contributed by atoms with Gasteiger partial charge < -0.3 is 5.32 Å². The fourth-order valence-corrected chi connectivity index (χ4v) is 2.82. The maximum atomic E-state index is 10.8. The summed E-state index contributed by atoms with van der Waals surface area (Å²) in [5.41, 5.74) is 6.78. The first-order chi connectivity index (χ1) is 10.2. The third kappa shape index (κ3) is 3.05. The predicted octanol–water partition coefficient (Wildman–Crippen LogP) is 3.80. The van der Waals surface area contributed by atoms with Crippen LogP contribution in [-0.4, -0.2) is 12.5 Å². The number of nitrogens with one attached hydrogen (secondary N) is 1. The molecular weight excluding hydrogens is 258 g/mol. The number of benzene rings is 2. The smallest absolute Gasteiger partial charge is 0.216 e. The van der Waals surface area contributed by atoms with E-state index < -0.39 is 0 Å². The Labute approximate surface area is 125 Å². The van der Waals surface area contributed by atoms with E-state index >= 15 is 0 Å². The third-order valence-corrected chi connectivity index (χ3v) is 3.81. The van der Waals surface area contributed by atoms with Crippen molar-refractivity contribution in [1.82, 2.24) is 5.32 Å². The second-order valence-corrected chi connectivity index (χ2v) is 5.42. The molecule has 2 aromatic carbocycles. The molecule has 0 heterocycles. The summed E-state index contributed by atoms with van der Waals surface area (Å²) >= 11 is 0. The van der Waals surface area contributed by atoms with E-state index in [1.54, 1.807) is 6.92 Å². The SMILES string of the molecule is CC(=O)NCCC=Cc1ccc2c(c1)Cc1ccccc1-2. The lowest BCUT2D eigenvalue weighted by Gasteiger charge is -2.02. The van der Waals surface area contributed by atoms with Gasteiger partial charge in [0.25, 0.3) is 0 Å². The first-order valence-electron chi connectivity index (χ1n) is 7.36. The van der Waals surface area contributed by atoms with Gasteiger partial charge in [-0.1, -0.05) is 54.6 Å². The summed E-state index contributed by atoms with van der Waals surface area (Å²) < 4.78 is 0. The van der Waals surface area contributed by atoms with Crippen LogP contribution < -0.4 is 5.32 Å². The number of carbonyl (C=O) groups excluding carboxylic acids is 1. The highest BCUT2D eigenvalue weighted by atomic mass is 16.1. The molecule has 106 valence electrons. The summed E-state index contributed by atoms with van der Waals surface area (Å²) in [5.74, 6) is 0.0266. The summed E-state index contributed by atoms with van der Waals surface area (Å²) in [5, 5.41) is 2.80. The van der Waals surface area contributed by atoms with Crippen LogP contribution in [0.15, 0.2) is 48.5 Å². The highest BCUT2D eigenvalue weighted by Gasteiger charge is 2.17. The first kappa shape index (κ1) is 13.6. The molecule has 0 aromatic heterocycles. The maximum absolute atomic E-state index is 10.8. The van der Waals surface area contributed by atoms with Gasteiger partial charge in [-0.2, -0.15) is 0 Å². The molecule has 2 heteroatoms. The molecule has 0 spiro atoms.